The number of carbonyl (C=O) groups excluding carboxylic acids is 1. The second-order valence-electron chi connectivity index (χ2n) is 7.14. The van der Waals surface area contributed by atoms with Crippen molar-refractivity contribution in [3.63, 3.8) is 0 Å². The van der Waals surface area contributed by atoms with Crippen molar-refractivity contribution in [1.29, 1.82) is 0 Å². The molecule has 1 amide bonds. The maximum Gasteiger partial charge on any atom is 0.291 e. The molecule has 0 unspecified atom stereocenters. The fourth-order valence-electron chi connectivity index (χ4n) is 2.89. The number of ether oxygens (including phenoxy) is 1. The van der Waals surface area contributed by atoms with Crippen molar-refractivity contribution in [3.8, 4) is 11.5 Å². The fourth-order valence-corrected chi connectivity index (χ4v) is 2.89. The predicted molar refractivity (Wildman–Crippen MR) is 111 cm³/mol. The van der Waals surface area contributed by atoms with Gasteiger partial charge in [-0.2, -0.15) is 0 Å². The van der Waals surface area contributed by atoms with Crippen LogP contribution in [-0.4, -0.2) is 15.9 Å². The number of aryl methyl sites for hydroxylation is 1. The van der Waals surface area contributed by atoms with E-state index in [0.717, 1.165) is 11.1 Å². The molecule has 0 saturated carbocycles. The van der Waals surface area contributed by atoms with Crippen molar-refractivity contribution >= 4 is 17.3 Å². The van der Waals surface area contributed by atoms with Crippen LogP contribution >= 0.6 is 0 Å². The zero-order chi connectivity index (χ0) is 21.8. The zero-order valence-electron chi connectivity index (χ0n) is 16.8. The number of nitrogens with zero attached hydrogens (tertiary/aromatic N) is 1. The Bertz CT molecular complexity index is 1070. The number of carbonyl (C=O) groups is 1. The van der Waals surface area contributed by atoms with Gasteiger partial charge in [0.25, 0.3) is 11.6 Å². The molecule has 156 valence electrons. The van der Waals surface area contributed by atoms with Crippen LogP contribution in [0.4, 0.5) is 11.4 Å². The van der Waals surface area contributed by atoms with Crippen molar-refractivity contribution in [2.45, 2.75) is 33.3 Å². The average Bonchev–Trinajstić information content (AvgIpc) is 3.17. The summed E-state index contributed by atoms with van der Waals surface area (Å²) in [6.45, 7) is 5.78. The molecule has 2 aromatic carbocycles. The molecule has 1 heterocycles. The van der Waals surface area contributed by atoms with Crippen LogP contribution < -0.4 is 10.1 Å². The number of anilines is 1. The Morgan fingerprint density at radius 2 is 1.90 bits per heavy atom. The largest absolute Gasteiger partial charge is 0.508 e. The van der Waals surface area contributed by atoms with Crippen LogP contribution in [0.5, 0.6) is 11.5 Å². The number of phenols is 1. The number of non-ortho nitro benzene ring substituents is 1. The van der Waals surface area contributed by atoms with Gasteiger partial charge < -0.3 is 19.6 Å². The summed E-state index contributed by atoms with van der Waals surface area (Å²) in [6.07, 6.45) is 0. The second kappa shape index (κ2) is 8.69. The van der Waals surface area contributed by atoms with Crippen LogP contribution in [0.3, 0.4) is 0 Å². The number of nitro groups is 1. The summed E-state index contributed by atoms with van der Waals surface area (Å²) >= 11 is 0. The number of benzene rings is 2. The summed E-state index contributed by atoms with van der Waals surface area (Å²) in [4.78, 5) is 22.7. The molecule has 0 radical (unpaired) electrons. The van der Waals surface area contributed by atoms with Crippen molar-refractivity contribution < 1.29 is 24.0 Å². The molecule has 0 spiro atoms. The topological polar surface area (TPSA) is 115 Å². The minimum Gasteiger partial charge on any atom is -0.508 e. The van der Waals surface area contributed by atoms with Crippen LogP contribution in [0.2, 0.25) is 0 Å². The highest BCUT2D eigenvalue weighted by atomic mass is 16.6. The Morgan fingerprint density at radius 3 is 2.53 bits per heavy atom. The minimum absolute atomic E-state index is 0.0237. The lowest BCUT2D eigenvalue weighted by molar-refractivity contribution is -0.384. The number of hydrogen-bond acceptors (Lipinski definition) is 6. The van der Waals surface area contributed by atoms with Gasteiger partial charge in [-0.25, -0.2) is 0 Å². The number of hydrogen-bond donors (Lipinski definition) is 2. The molecule has 3 rings (SSSR count). The van der Waals surface area contributed by atoms with E-state index in [0.29, 0.717) is 17.2 Å². The van der Waals surface area contributed by atoms with Gasteiger partial charge in [0.1, 0.15) is 23.9 Å². The quantitative estimate of drug-likeness (QED) is 0.316. The smallest absolute Gasteiger partial charge is 0.291 e. The van der Waals surface area contributed by atoms with Gasteiger partial charge in [-0.15, -0.1) is 0 Å². The summed E-state index contributed by atoms with van der Waals surface area (Å²) in [7, 11) is 0. The first-order chi connectivity index (χ1) is 14.2. The Morgan fingerprint density at radius 1 is 1.20 bits per heavy atom. The molecule has 0 aliphatic carbocycles. The molecule has 0 atom stereocenters. The lowest BCUT2D eigenvalue weighted by atomic mass is 9.99. The number of nitrogens with one attached hydrogen (secondary N) is 1. The summed E-state index contributed by atoms with van der Waals surface area (Å²) in [5.41, 5.74) is 2.05. The van der Waals surface area contributed by atoms with E-state index in [9.17, 15) is 20.0 Å². The molecule has 1 aromatic heterocycles. The van der Waals surface area contributed by atoms with Crippen LogP contribution in [0.15, 0.2) is 52.9 Å². The molecule has 8 nitrogen and oxygen atoms in total. The molecule has 2 N–H and O–H groups in total. The predicted octanol–water partition coefficient (Wildman–Crippen LogP) is 5.16. The highest BCUT2D eigenvalue weighted by Crippen LogP contribution is 2.31. The first kappa shape index (κ1) is 20.9. The molecule has 0 aliphatic rings. The van der Waals surface area contributed by atoms with Gasteiger partial charge in [0.15, 0.2) is 5.76 Å². The number of furan rings is 1. The minimum atomic E-state index is -0.485. The lowest BCUT2D eigenvalue weighted by Gasteiger charge is -2.14. The van der Waals surface area contributed by atoms with Crippen LogP contribution in [0.25, 0.3) is 0 Å². The Kier molecular flexibility index (Phi) is 6.06. The third kappa shape index (κ3) is 4.78. The van der Waals surface area contributed by atoms with Crippen LogP contribution in [0, 0.1) is 17.0 Å². The maximum absolute atomic E-state index is 12.5. The first-order valence-corrected chi connectivity index (χ1v) is 9.35. The molecular weight excluding hydrogens is 388 g/mol. The molecule has 0 aliphatic heterocycles. The van der Waals surface area contributed by atoms with Crippen molar-refractivity contribution in [1.82, 2.24) is 0 Å². The SMILES string of the molecule is Cc1cc(O)c(C(C)C)cc1NC(=O)c1ccc(COc2ccc([N+](=O)[O-])cc2)o1. The van der Waals surface area contributed by atoms with E-state index >= 15 is 0 Å². The number of amides is 1. The molecule has 0 saturated heterocycles. The van der Waals surface area contributed by atoms with Gasteiger partial charge in [-0.3, -0.25) is 14.9 Å². The monoisotopic (exact) mass is 410 g/mol. The van der Waals surface area contributed by atoms with E-state index in [1.54, 1.807) is 31.2 Å². The number of phenolic OH excluding ortho intramolecular Hbond substituents is 1. The van der Waals surface area contributed by atoms with Crippen molar-refractivity contribution in [2.75, 3.05) is 5.32 Å². The number of aromatic hydroxyl groups is 1. The third-order valence-corrected chi connectivity index (χ3v) is 4.56. The number of nitro benzene ring substituents is 1. The summed E-state index contributed by atoms with van der Waals surface area (Å²) in [5.74, 6) is 0.890. The standard InChI is InChI=1S/C22H22N2O6/c1-13(2)18-11-19(14(3)10-20(18)25)23-22(26)21-9-8-17(30-21)12-29-16-6-4-15(5-7-16)24(27)28/h4-11,13,25H,12H2,1-3H3,(H,23,26). The van der Waals surface area contributed by atoms with E-state index < -0.39 is 10.8 Å². The van der Waals surface area contributed by atoms with E-state index in [4.69, 9.17) is 9.15 Å². The molecule has 3 aromatic rings. The zero-order valence-corrected chi connectivity index (χ0v) is 16.8. The Hall–Kier alpha value is -3.81. The molecule has 0 bridgehead atoms. The normalized spacial score (nSPS) is 10.8. The van der Waals surface area contributed by atoms with E-state index in [2.05, 4.69) is 5.32 Å². The van der Waals surface area contributed by atoms with Gasteiger partial charge in [-0.1, -0.05) is 13.8 Å². The summed E-state index contributed by atoms with van der Waals surface area (Å²) in [6, 6.07) is 12.2. The Labute approximate surface area is 173 Å². The maximum atomic E-state index is 12.5. The summed E-state index contributed by atoms with van der Waals surface area (Å²) in [5, 5.41) is 23.5. The third-order valence-electron chi connectivity index (χ3n) is 4.56. The van der Waals surface area contributed by atoms with Gasteiger partial charge in [-0.05, 0) is 60.4 Å². The average molecular weight is 410 g/mol. The highest BCUT2D eigenvalue weighted by molar-refractivity contribution is 6.02. The van der Waals surface area contributed by atoms with E-state index in [1.807, 2.05) is 13.8 Å². The summed E-state index contributed by atoms with van der Waals surface area (Å²) < 4.78 is 11.1. The molecule has 8 heteroatoms. The van der Waals surface area contributed by atoms with E-state index in [-0.39, 0.29) is 29.7 Å². The van der Waals surface area contributed by atoms with Gasteiger partial charge >= 0.3 is 0 Å². The fraction of sp³-hybridized carbons (Fsp3) is 0.227. The van der Waals surface area contributed by atoms with E-state index in [1.165, 1.54) is 24.3 Å². The first-order valence-electron chi connectivity index (χ1n) is 9.35. The van der Waals surface area contributed by atoms with Crippen LogP contribution in [0.1, 0.15) is 47.2 Å². The van der Waals surface area contributed by atoms with Gasteiger partial charge in [0.2, 0.25) is 0 Å². The highest BCUT2D eigenvalue weighted by Gasteiger charge is 2.16. The molecule has 0 fully saturated rings. The van der Waals surface area contributed by atoms with Crippen molar-refractivity contribution in [2.24, 2.45) is 0 Å². The second-order valence-corrected chi connectivity index (χ2v) is 7.14. The lowest BCUT2D eigenvalue weighted by Crippen LogP contribution is -2.12. The number of rotatable bonds is 7. The molecule has 30 heavy (non-hydrogen) atoms. The van der Waals surface area contributed by atoms with Crippen molar-refractivity contribution in [3.05, 3.63) is 81.3 Å². The molecular formula is C22H22N2O6. The van der Waals surface area contributed by atoms with Crippen LogP contribution in [-0.2, 0) is 6.61 Å². The van der Waals surface area contributed by atoms with Gasteiger partial charge in [0.05, 0.1) is 4.92 Å². The Balaban J connectivity index is 1.65. The van der Waals surface area contributed by atoms with Gasteiger partial charge in [0, 0.05) is 17.8 Å².